The van der Waals surface area contributed by atoms with Gasteiger partial charge in [-0.25, -0.2) is 14.2 Å². The third-order valence-corrected chi connectivity index (χ3v) is 2.20. The maximum atomic E-state index is 11.8. The van der Waals surface area contributed by atoms with Crippen LogP contribution in [0, 0.1) is 0 Å². The average molecular weight is 231 g/mol. The van der Waals surface area contributed by atoms with Gasteiger partial charge in [0.2, 0.25) is 0 Å². The maximum Gasteiger partial charge on any atom is 0.477 e. The predicted octanol–water partition coefficient (Wildman–Crippen LogP) is 1.76. The van der Waals surface area contributed by atoms with Gasteiger partial charge in [0, 0.05) is 0 Å². The zero-order valence-corrected chi connectivity index (χ0v) is 7.45. The highest BCUT2D eigenvalue weighted by Gasteiger charge is 2.39. The van der Waals surface area contributed by atoms with E-state index in [1.807, 2.05) is 0 Å². The number of hydrogen-bond acceptors (Lipinski definition) is 3. The molecule has 1 aromatic heterocycles. The van der Waals surface area contributed by atoms with Gasteiger partial charge in [-0.05, 0) is 0 Å². The molecule has 1 atom stereocenters. The van der Waals surface area contributed by atoms with E-state index in [0.29, 0.717) is 0 Å². The SMILES string of the molecule is O=S(c1cnc(Cl)cn1)C(F)(F)F. The lowest BCUT2D eigenvalue weighted by Gasteiger charge is -2.03. The first-order chi connectivity index (χ1) is 5.91. The zero-order valence-electron chi connectivity index (χ0n) is 5.88. The summed E-state index contributed by atoms with van der Waals surface area (Å²) in [6.45, 7) is 0. The highest BCUT2D eigenvalue weighted by atomic mass is 35.5. The molecule has 3 nitrogen and oxygen atoms in total. The lowest BCUT2D eigenvalue weighted by atomic mass is 10.8. The second-order valence-electron chi connectivity index (χ2n) is 1.89. The van der Waals surface area contributed by atoms with Crippen molar-refractivity contribution in [3.8, 4) is 0 Å². The van der Waals surface area contributed by atoms with E-state index in [-0.39, 0.29) is 5.15 Å². The fourth-order valence-corrected chi connectivity index (χ4v) is 1.15. The fourth-order valence-electron chi connectivity index (χ4n) is 0.515. The first-order valence-electron chi connectivity index (χ1n) is 2.87. The number of aromatic nitrogens is 2. The first-order valence-corrected chi connectivity index (χ1v) is 4.40. The topological polar surface area (TPSA) is 42.9 Å². The van der Waals surface area contributed by atoms with Crippen LogP contribution in [-0.4, -0.2) is 19.7 Å². The molecule has 0 amide bonds. The van der Waals surface area contributed by atoms with Crippen molar-refractivity contribution in [2.24, 2.45) is 0 Å². The Morgan fingerprint density at radius 2 is 1.92 bits per heavy atom. The minimum atomic E-state index is -4.82. The van der Waals surface area contributed by atoms with E-state index in [2.05, 4.69) is 9.97 Å². The molecular formula is C5H2ClF3N2OS. The van der Waals surface area contributed by atoms with Gasteiger partial charge >= 0.3 is 5.51 Å². The van der Waals surface area contributed by atoms with Crippen LogP contribution in [0.4, 0.5) is 13.2 Å². The normalized spacial score (nSPS) is 14.2. The molecule has 0 bridgehead atoms. The number of hydrogen-bond donors (Lipinski definition) is 0. The maximum absolute atomic E-state index is 11.8. The van der Waals surface area contributed by atoms with E-state index >= 15 is 0 Å². The van der Waals surface area contributed by atoms with Gasteiger partial charge in [-0.15, -0.1) is 0 Å². The van der Waals surface area contributed by atoms with Crippen LogP contribution in [0.15, 0.2) is 17.4 Å². The Bertz CT molecular complexity index is 326. The van der Waals surface area contributed by atoms with Crippen molar-refractivity contribution in [1.82, 2.24) is 9.97 Å². The van der Waals surface area contributed by atoms with Gasteiger partial charge in [0.15, 0.2) is 15.8 Å². The van der Waals surface area contributed by atoms with E-state index < -0.39 is 21.3 Å². The van der Waals surface area contributed by atoms with E-state index in [1.54, 1.807) is 0 Å². The Morgan fingerprint density at radius 3 is 2.31 bits per heavy atom. The smallest absolute Gasteiger partial charge is 0.243 e. The quantitative estimate of drug-likeness (QED) is 0.738. The summed E-state index contributed by atoms with van der Waals surface area (Å²) in [6, 6.07) is 0. The molecular weight excluding hydrogens is 229 g/mol. The molecule has 72 valence electrons. The van der Waals surface area contributed by atoms with Gasteiger partial charge in [-0.2, -0.15) is 13.2 Å². The largest absolute Gasteiger partial charge is 0.477 e. The third-order valence-electron chi connectivity index (χ3n) is 0.997. The molecule has 0 aromatic carbocycles. The minimum Gasteiger partial charge on any atom is -0.243 e. The molecule has 1 rings (SSSR count). The Labute approximate surface area is 78.4 Å². The van der Waals surface area contributed by atoms with Crippen LogP contribution in [0.25, 0.3) is 0 Å². The number of nitrogens with zero attached hydrogens (tertiary/aromatic N) is 2. The van der Waals surface area contributed by atoms with Crippen LogP contribution in [0.2, 0.25) is 5.15 Å². The molecule has 8 heteroatoms. The van der Waals surface area contributed by atoms with Gasteiger partial charge < -0.3 is 0 Å². The summed E-state index contributed by atoms with van der Waals surface area (Å²) in [7, 11) is -3.14. The van der Waals surface area contributed by atoms with Gasteiger partial charge in [0.25, 0.3) is 0 Å². The fraction of sp³-hybridized carbons (Fsp3) is 0.200. The van der Waals surface area contributed by atoms with Crippen molar-refractivity contribution in [2.75, 3.05) is 0 Å². The second kappa shape index (κ2) is 3.59. The first kappa shape index (κ1) is 10.4. The summed E-state index contributed by atoms with van der Waals surface area (Å²) in [5, 5.41) is -0.708. The van der Waals surface area contributed by atoms with Crippen LogP contribution < -0.4 is 0 Å². The zero-order chi connectivity index (χ0) is 10.1. The van der Waals surface area contributed by atoms with E-state index in [4.69, 9.17) is 11.6 Å². The lowest BCUT2D eigenvalue weighted by Crippen LogP contribution is -2.17. The van der Waals surface area contributed by atoms with Crippen LogP contribution in [0.1, 0.15) is 0 Å². The van der Waals surface area contributed by atoms with Crippen molar-refractivity contribution in [1.29, 1.82) is 0 Å². The number of rotatable bonds is 1. The van der Waals surface area contributed by atoms with E-state index in [9.17, 15) is 17.4 Å². The standard InChI is InChI=1S/C5H2ClF3N2OS/c6-3-1-11-4(2-10-3)13(12)5(7,8)9/h1-2H. The van der Waals surface area contributed by atoms with Crippen molar-refractivity contribution in [3.63, 3.8) is 0 Å². The van der Waals surface area contributed by atoms with E-state index in [1.165, 1.54) is 0 Å². The molecule has 0 aliphatic rings. The molecule has 0 saturated carbocycles. The predicted molar refractivity (Wildman–Crippen MR) is 39.5 cm³/mol. The monoisotopic (exact) mass is 230 g/mol. The molecule has 13 heavy (non-hydrogen) atoms. The van der Waals surface area contributed by atoms with Gasteiger partial charge in [0.05, 0.1) is 12.4 Å². The van der Waals surface area contributed by atoms with Gasteiger partial charge in [-0.1, -0.05) is 11.6 Å². The molecule has 1 unspecified atom stereocenters. The summed E-state index contributed by atoms with van der Waals surface area (Å²) in [5.41, 5.74) is -4.82. The minimum absolute atomic E-state index is 0.0528. The summed E-state index contributed by atoms with van der Waals surface area (Å²) in [4.78, 5) is 6.55. The number of alkyl halides is 3. The summed E-state index contributed by atoms with van der Waals surface area (Å²) in [6.07, 6.45) is 1.63. The van der Waals surface area contributed by atoms with Crippen LogP contribution in [0.5, 0.6) is 0 Å². The molecule has 0 spiro atoms. The van der Waals surface area contributed by atoms with E-state index in [0.717, 1.165) is 12.4 Å². The highest BCUT2D eigenvalue weighted by Crippen LogP contribution is 2.24. The number of halogens is 4. The van der Waals surface area contributed by atoms with Crippen molar-refractivity contribution in [2.45, 2.75) is 10.5 Å². The van der Waals surface area contributed by atoms with Crippen molar-refractivity contribution >= 4 is 22.4 Å². The molecule has 1 heterocycles. The molecule has 0 aliphatic carbocycles. The molecule has 0 fully saturated rings. The lowest BCUT2D eigenvalue weighted by molar-refractivity contribution is -0.0386. The van der Waals surface area contributed by atoms with Crippen LogP contribution >= 0.6 is 11.6 Å². The molecule has 0 radical (unpaired) electrons. The molecule has 1 aromatic rings. The van der Waals surface area contributed by atoms with Crippen molar-refractivity contribution < 1.29 is 17.4 Å². The Morgan fingerprint density at radius 1 is 1.31 bits per heavy atom. The highest BCUT2D eigenvalue weighted by molar-refractivity contribution is 7.85. The average Bonchev–Trinajstić information content (AvgIpc) is 2.03. The molecule has 0 saturated heterocycles. The Balaban J connectivity index is 2.97. The Kier molecular flexibility index (Phi) is 2.87. The van der Waals surface area contributed by atoms with Gasteiger partial charge in [0.1, 0.15) is 5.15 Å². The molecule has 0 N–H and O–H groups in total. The third kappa shape index (κ3) is 2.63. The summed E-state index contributed by atoms with van der Waals surface area (Å²) in [5.74, 6) is 0. The molecule has 0 aliphatic heterocycles. The summed E-state index contributed by atoms with van der Waals surface area (Å²) < 4.78 is 46.1. The van der Waals surface area contributed by atoms with Crippen molar-refractivity contribution in [3.05, 3.63) is 17.5 Å². The second-order valence-corrected chi connectivity index (χ2v) is 3.70. The van der Waals surface area contributed by atoms with Crippen LogP contribution in [0.3, 0.4) is 0 Å². The van der Waals surface area contributed by atoms with Crippen LogP contribution in [-0.2, 0) is 10.8 Å². The summed E-state index contributed by atoms with van der Waals surface area (Å²) >= 11 is 5.28. The van der Waals surface area contributed by atoms with Gasteiger partial charge in [-0.3, -0.25) is 0 Å². The Hall–Kier alpha value is -0.690.